The summed E-state index contributed by atoms with van der Waals surface area (Å²) in [6.45, 7) is 2.17. The van der Waals surface area contributed by atoms with Crippen LogP contribution in [0.25, 0.3) is 0 Å². The summed E-state index contributed by atoms with van der Waals surface area (Å²) in [4.78, 5) is 42.7. The van der Waals surface area contributed by atoms with Crippen molar-refractivity contribution < 1.29 is 19.1 Å². The highest BCUT2D eigenvalue weighted by molar-refractivity contribution is 6.07. The van der Waals surface area contributed by atoms with Gasteiger partial charge in [0.25, 0.3) is 0 Å². The number of allylic oxidation sites excluding steroid dienone is 2. The Balaban J connectivity index is 1.44. The first-order valence-electron chi connectivity index (χ1n) is 10.1. The molecule has 2 heterocycles. The predicted octanol–water partition coefficient (Wildman–Crippen LogP) is 1.78. The third-order valence-corrected chi connectivity index (χ3v) is 6.73. The van der Waals surface area contributed by atoms with Gasteiger partial charge < -0.3 is 9.64 Å². The molecule has 5 atom stereocenters. The summed E-state index contributed by atoms with van der Waals surface area (Å²) in [7, 11) is 0. The van der Waals surface area contributed by atoms with Gasteiger partial charge in [0.15, 0.2) is 0 Å². The predicted molar refractivity (Wildman–Crippen MR) is 101 cm³/mol. The quantitative estimate of drug-likeness (QED) is 0.590. The first-order valence-corrected chi connectivity index (χ1v) is 10.1. The molecule has 1 aromatic carbocycles. The smallest absolute Gasteiger partial charge is 0.234 e. The van der Waals surface area contributed by atoms with E-state index in [2.05, 4.69) is 12.2 Å². The van der Waals surface area contributed by atoms with Gasteiger partial charge in [-0.15, -0.1) is 0 Å². The molecule has 5 unspecified atom stereocenters. The summed E-state index contributed by atoms with van der Waals surface area (Å²) in [5, 5.41) is 0. The minimum atomic E-state index is -0.540. The summed E-state index contributed by atoms with van der Waals surface area (Å²) < 4.78 is 5.33. The lowest BCUT2D eigenvalue weighted by Gasteiger charge is -2.32. The van der Waals surface area contributed by atoms with Gasteiger partial charge in [0.05, 0.1) is 37.5 Å². The summed E-state index contributed by atoms with van der Waals surface area (Å²) in [5.74, 6) is -0.382. The highest BCUT2D eigenvalue weighted by Gasteiger charge is 2.60. The molecule has 2 saturated heterocycles. The van der Waals surface area contributed by atoms with Crippen molar-refractivity contribution >= 4 is 17.7 Å². The van der Waals surface area contributed by atoms with Crippen LogP contribution in [0.15, 0.2) is 42.5 Å². The van der Waals surface area contributed by atoms with Crippen molar-refractivity contribution in [1.82, 2.24) is 9.80 Å². The minimum absolute atomic E-state index is 0.0316. The van der Waals surface area contributed by atoms with Crippen LogP contribution < -0.4 is 0 Å². The summed E-state index contributed by atoms with van der Waals surface area (Å²) in [5.41, 5.74) is 0.839. The van der Waals surface area contributed by atoms with Crippen molar-refractivity contribution in [2.45, 2.75) is 18.9 Å². The molecule has 6 nitrogen and oxygen atoms in total. The number of carbonyl (C=O) groups excluding carboxylic acids is 3. The summed E-state index contributed by atoms with van der Waals surface area (Å²) in [6, 6.07) is 8.94. The van der Waals surface area contributed by atoms with Gasteiger partial charge in [0.2, 0.25) is 17.7 Å². The Morgan fingerprint density at radius 1 is 1.00 bits per heavy atom. The van der Waals surface area contributed by atoms with E-state index in [4.69, 9.17) is 4.74 Å². The van der Waals surface area contributed by atoms with Gasteiger partial charge in [-0.1, -0.05) is 42.5 Å². The van der Waals surface area contributed by atoms with E-state index in [1.54, 1.807) is 4.90 Å². The molecule has 0 aromatic heterocycles. The molecule has 28 heavy (non-hydrogen) atoms. The topological polar surface area (TPSA) is 66.9 Å². The molecule has 146 valence electrons. The normalized spacial score (nSPS) is 32.1. The van der Waals surface area contributed by atoms with Crippen LogP contribution in [0.2, 0.25) is 0 Å². The van der Waals surface area contributed by atoms with Crippen molar-refractivity contribution in [2.75, 3.05) is 26.3 Å². The Kier molecular flexibility index (Phi) is 4.31. The van der Waals surface area contributed by atoms with Gasteiger partial charge in [0, 0.05) is 13.1 Å². The van der Waals surface area contributed by atoms with Crippen molar-refractivity contribution in [3.8, 4) is 0 Å². The van der Waals surface area contributed by atoms with E-state index in [1.807, 2.05) is 30.3 Å². The molecule has 0 N–H and O–H groups in total. The van der Waals surface area contributed by atoms with Crippen LogP contribution in [0.1, 0.15) is 24.4 Å². The Morgan fingerprint density at radius 3 is 2.21 bits per heavy atom. The molecular formula is C22H24N2O4. The zero-order valence-corrected chi connectivity index (χ0v) is 15.7. The van der Waals surface area contributed by atoms with E-state index >= 15 is 0 Å². The fraction of sp³-hybridized carbons (Fsp3) is 0.500. The first kappa shape index (κ1) is 17.6. The van der Waals surface area contributed by atoms with E-state index in [0.29, 0.717) is 26.3 Å². The molecular weight excluding hydrogens is 356 g/mol. The molecule has 1 saturated carbocycles. The third kappa shape index (κ3) is 2.70. The number of benzene rings is 1. The molecule has 1 aromatic rings. The van der Waals surface area contributed by atoms with Crippen molar-refractivity contribution in [2.24, 2.45) is 23.7 Å². The number of hydrogen-bond donors (Lipinski definition) is 0. The van der Waals surface area contributed by atoms with E-state index in [-0.39, 0.29) is 47.8 Å². The molecule has 2 aliphatic carbocycles. The molecule has 6 heteroatoms. The summed E-state index contributed by atoms with van der Waals surface area (Å²) in [6.07, 6.45) is 5.22. The maximum absolute atomic E-state index is 13.3. The number of imide groups is 1. The second-order valence-electron chi connectivity index (χ2n) is 8.17. The van der Waals surface area contributed by atoms with Gasteiger partial charge in [-0.2, -0.15) is 0 Å². The fourth-order valence-corrected chi connectivity index (χ4v) is 5.37. The standard InChI is InChI=1S/C22H24N2O4/c25-18(23-8-10-28-11-9-23)13-17(14-4-2-1-3-5-14)24-21(26)19-15-6-7-16(12-15)20(19)22(24)27/h1-7,15-17,19-20H,8-13H2. The first-order chi connectivity index (χ1) is 13.6. The molecule has 0 spiro atoms. The maximum atomic E-state index is 13.3. The van der Waals surface area contributed by atoms with Crippen LogP contribution in [0.3, 0.4) is 0 Å². The van der Waals surface area contributed by atoms with Crippen LogP contribution in [0.5, 0.6) is 0 Å². The number of amides is 3. The van der Waals surface area contributed by atoms with Gasteiger partial charge in [-0.3, -0.25) is 19.3 Å². The zero-order chi connectivity index (χ0) is 19.3. The van der Waals surface area contributed by atoms with Crippen LogP contribution in [0, 0.1) is 23.7 Å². The Bertz CT molecular complexity index is 800. The minimum Gasteiger partial charge on any atom is -0.378 e. The zero-order valence-electron chi connectivity index (χ0n) is 15.7. The van der Waals surface area contributed by atoms with Gasteiger partial charge in [0.1, 0.15) is 0 Å². The molecule has 0 radical (unpaired) electrons. The highest BCUT2D eigenvalue weighted by atomic mass is 16.5. The van der Waals surface area contributed by atoms with E-state index in [9.17, 15) is 14.4 Å². The lowest BCUT2D eigenvalue weighted by atomic mass is 9.85. The second kappa shape index (κ2) is 6.85. The SMILES string of the molecule is O=C(CC(c1ccccc1)N1C(=O)C2C3C=CC(C3)C2C1=O)N1CCOCC1. The average molecular weight is 380 g/mol. The molecule has 2 bridgehead atoms. The van der Waals surface area contributed by atoms with Crippen molar-refractivity contribution in [1.29, 1.82) is 0 Å². The van der Waals surface area contributed by atoms with Gasteiger partial charge in [-0.05, 0) is 23.8 Å². The summed E-state index contributed by atoms with van der Waals surface area (Å²) >= 11 is 0. The van der Waals surface area contributed by atoms with Gasteiger partial charge in [-0.25, -0.2) is 0 Å². The third-order valence-electron chi connectivity index (χ3n) is 6.73. The highest BCUT2D eigenvalue weighted by Crippen LogP contribution is 2.54. The number of likely N-dealkylation sites (tertiary alicyclic amines) is 1. The van der Waals surface area contributed by atoms with Crippen LogP contribution >= 0.6 is 0 Å². The number of nitrogens with zero attached hydrogens (tertiary/aromatic N) is 2. The van der Waals surface area contributed by atoms with Crippen LogP contribution in [0.4, 0.5) is 0 Å². The van der Waals surface area contributed by atoms with Crippen LogP contribution in [-0.4, -0.2) is 53.8 Å². The molecule has 3 amide bonds. The van der Waals surface area contributed by atoms with Crippen LogP contribution in [-0.2, 0) is 19.1 Å². The fourth-order valence-electron chi connectivity index (χ4n) is 5.37. The van der Waals surface area contributed by atoms with E-state index in [0.717, 1.165) is 12.0 Å². The monoisotopic (exact) mass is 380 g/mol. The van der Waals surface area contributed by atoms with Crippen molar-refractivity contribution in [3.63, 3.8) is 0 Å². The average Bonchev–Trinajstić information content (AvgIpc) is 3.42. The Labute approximate surface area is 164 Å². The number of carbonyl (C=O) groups is 3. The lowest BCUT2D eigenvalue weighted by molar-refractivity contribution is -0.146. The number of morpholine rings is 1. The molecule has 4 aliphatic rings. The largest absolute Gasteiger partial charge is 0.378 e. The second-order valence-corrected chi connectivity index (χ2v) is 8.17. The van der Waals surface area contributed by atoms with Crippen molar-refractivity contribution in [3.05, 3.63) is 48.0 Å². The molecule has 5 rings (SSSR count). The Hall–Kier alpha value is -2.47. The number of fused-ring (bicyclic) bond motifs is 5. The van der Waals surface area contributed by atoms with E-state index < -0.39 is 6.04 Å². The number of rotatable bonds is 4. The van der Waals surface area contributed by atoms with E-state index in [1.165, 1.54) is 4.90 Å². The van der Waals surface area contributed by atoms with Gasteiger partial charge >= 0.3 is 0 Å². The molecule has 3 fully saturated rings. The Morgan fingerprint density at radius 2 is 1.61 bits per heavy atom. The maximum Gasteiger partial charge on any atom is 0.234 e. The number of hydrogen-bond acceptors (Lipinski definition) is 4. The lowest BCUT2D eigenvalue weighted by Crippen LogP contribution is -2.44. The number of ether oxygens (including phenoxy) is 1. The molecule has 2 aliphatic heterocycles.